The zero-order valence-corrected chi connectivity index (χ0v) is 18.2. The first-order chi connectivity index (χ1) is 15.6. The molecular weight excluding hydrogens is 459 g/mol. The number of benzene rings is 2. The van der Waals surface area contributed by atoms with Crippen LogP contribution in [0, 0.1) is 0 Å². The normalized spacial score (nSPS) is 12.6. The summed E-state index contributed by atoms with van der Waals surface area (Å²) in [6.07, 6.45) is -4.09. The summed E-state index contributed by atoms with van der Waals surface area (Å²) in [5.41, 5.74) is 5.66. The number of phenols is 1. The number of fused-ring (bicyclic) bond motifs is 1. The second kappa shape index (κ2) is 8.32. The maximum absolute atomic E-state index is 13.4. The molecule has 1 unspecified atom stereocenters. The van der Waals surface area contributed by atoms with Crippen LogP contribution in [-0.2, 0) is 6.18 Å². The number of methoxy groups -OCH3 is 1. The smallest absolute Gasteiger partial charge is 0.416 e. The first kappa shape index (κ1) is 22.5. The molecule has 172 valence electrons. The van der Waals surface area contributed by atoms with Crippen LogP contribution in [0.15, 0.2) is 48.8 Å². The molecule has 7 nitrogen and oxygen atoms in total. The van der Waals surface area contributed by atoms with Gasteiger partial charge in [-0.2, -0.15) is 13.2 Å². The topological polar surface area (TPSA) is 99.6 Å². The number of rotatable bonds is 6. The van der Waals surface area contributed by atoms with Gasteiger partial charge in [0.15, 0.2) is 11.5 Å². The molecule has 1 amide bonds. The standard InChI is InChI=1S/C22H18F3N3O4S/c1-11(12-5-3-4-6-13(12)22(23,24)25)32-18-9-19(33-20(18)21(26)30)28-10-27-14-7-16(29)17(31-2)8-15(14)28/h3-11,29H,1-2H3,(H2,26,30). The lowest BCUT2D eigenvalue weighted by Crippen LogP contribution is -2.15. The molecule has 0 saturated heterocycles. The van der Waals surface area contributed by atoms with Crippen LogP contribution in [-0.4, -0.2) is 27.7 Å². The van der Waals surface area contributed by atoms with Gasteiger partial charge in [0.05, 0.1) is 23.7 Å². The fourth-order valence-corrected chi connectivity index (χ4v) is 4.39. The van der Waals surface area contributed by atoms with Gasteiger partial charge < -0.3 is 20.3 Å². The molecule has 0 spiro atoms. The summed E-state index contributed by atoms with van der Waals surface area (Å²) >= 11 is 1.00. The number of aromatic nitrogens is 2. The van der Waals surface area contributed by atoms with E-state index in [0.717, 1.165) is 17.4 Å². The van der Waals surface area contributed by atoms with Crippen LogP contribution in [0.1, 0.15) is 33.8 Å². The van der Waals surface area contributed by atoms with Gasteiger partial charge >= 0.3 is 6.18 Å². The highest BCUT2D eigenvalue weighted by atomic mass is 32.1. The van der Waals surface area contributed by atoms with E-state index in [2.05, 4.69) is 4.98 Å². The number of carbonyl (C=O) groups excluding carboxylic acids is 1. The lowest BCUT2D eigenvalue weighted by atomic mass is 10.0. The predicted molar refractivity (Wildman–Crippen MR) is 116 cm³/mol. The molecule has 4 aromatic rings. The Morgan fingerprint density at radius 3 is 2.61 bits per heavy atom. The average Bonchev–Trinajstić information content (AvgIpc) is 3.36. The lowest BCUT2D eigenvalue weighted by Gasteiger charge is -2.19. The average molecular weight is 477 g/mol. The second-order valence-corrected chi connectivity index (χ2v) is 8.15. The molecule has 0 aliphatic carbocycles. The number of primary amides is 1. The number of halogens is 3. The van der Waals surface area contributed by atoms with Gasteiger partial charge in [0.1, 0.15) is 28.1 Å². The number of nitrogens with two attached hydrogens (primary N) is 1. The SMILES string of the molecule is COc1cc2c(cc1O)ncn2-c1cc(OC(C)c2ccccc2C(F)(F)F)c(C(N)=O)s1. The summed E-state index contributed by atoms with van der Waals surface area (Å²) in [6.45, 7) is 1.47. The van der Waals surface area contributed by atoms with Crippen molar-refractivity contribution >= 4 is 28.3 Å². The number of alkyl halides is 3. The molecule has 33 heavy (non-hydrogen) atoms. The van der Waals surface area contributed by atoms with Gasteiger partial charge in [-0.1, -0.05) is 18.2 Å². The zero-order valence-electron chi connectivity index (χ0n) is 17.4. The molecule has 0 aliphatic heterocycles. The molecule has 11 heteroatoms. The van der Waals surface area contributed by atoms with Gasteiger partial charge in [0.2, 0.25) is 0 Å². The Balaban J connectivity index is 1.75. The Morgan fingerprint density at radius 1 is 1.21 bits per heavy atom. The largest absolute Gasteiger partial charge is 0.504 e. The summed E-state index contributed by atoms with van der Waals surface area (Å²) in [5, 5.41) is 10.5. The second-order valence-electron chi connectivity index (χ2n) is 7.11. The highest BCUT2D eigenvalue weighted by molar-refractivity contribution is 7.16. The first-order valence-electron chi connectivity index (χ1n) is 9.61. The van der Waals surface area contributed by atoms with Crippen LogP contribution in [0.5, 0.6) is 17.2 Å². The van der Waals surface area contributed by atoms with E-state index in [9.17, 15) is 23.1 Å². The van der Waals surface area contributed by atoms with E-state index in [0.29, 0.717) is 16.0 Å². The number of hydrogen-bond acceptors (Lipinski definition) is 6. The minimum atomic E-state index is -4.55. The zero-order chi connectivity index (χ0) is 23.9. The number of phenolic OH excluding ortho intramolecular Hbond substituents is 1. The fourth-order valence-electron chi connectivity index (χ4n) is 3.47. The highest BCUT2D eigenvalue weighted by Gasteiger charge is 2.35. The third-order valence-electron chi connectivity index (χ3n) is 5.00. The molecule has 0 fully saturated rings. The van der Waals surface area contributed by atoms with Crippen LogP contribution < -0.4 is 15.2 Å². The quantitative estimate of drug-likeness (QED) is 0.405. The molecule has 0 aliphatic rings. The number of carbonyl (C=O) groups is 1. The van der Waals surface area contributed by atoms with Crippen LogP contribution in [0.4, 0.5) is 13.2 Å². The minimum absolute atomic E-state index is 0.0499. The van der Waals surface area contributed by atoms with Crippen molar-refractivity contribution in [2.45, 2.75) is 19.2 Å². The maximum Gasteiger partial charge on any atom is 0.416 e. The highest BCUT2D eigenvalue weighted by Crippen LogP contribution is 2.40. The van der Waals surface area contributed by atoms with E-state index in [1.54, 1.807) is 10.6 Å². The van der Waals surface area contributed by atoms with Crippen LogP contribution in [0.2, 0.25) is 0 Å². The van der Waals surface area contributed by atoms with E-state index in [-0.39, 0.29) is 27.7 Å². The molecule has 3 N–H and O–H groups in total. The van der Waals surface area contributed by atoms with Crippen LogP contribution in [0.25, 0.3) is 16.0 Å². The number of aromatic hydroxyl groups is 1. The van der Waals surface area contributed by atoms with Crippen molar-refractivity contribution in [3.8, 4) is 22.2 Å². The first-order valence-corrected chi connectivity index (χ1v) is 10.4. The molecule has 0 bridgehead atoms. The van der Waals surface area contributed by atoms with Crippen molar-refractivity contribution in [3.63, 3.8) is 0 Å². The Morgan fingerprint density at radius 2 is 1.94 bits per heavy atom. The van der Waals surface area contributed by atoms with Crippen molar-refractivity contribution in [1.29, 1.82) is 0 Å². The van der Waals surface area contributed by atoms with Crippen LogP contribution in [0.3, 0.4) is 0 Å². The Bertz CT molecular complexity index is 1350. The summed E-state index contributed by atoms with van der Waals surface area (Å²) in [5.74, 6) is -0.581. The van der Waals surface area contributed by atoms with E-state index in [4.69, 9.17) is 15.2 Å². The van der Waals surface area contributed by atoms with Gasteiger partial charge in [-0.15, -0.1) is 11.3 Å². The van der Waals surface area contributed by atoms with Crippen molar-refractivity contribution in [2.75, 3.05) is 7.11 Å². The Hall–Kier alpha value is -3.73. The number of nitrogens with zero attached hydrogens (tertiary/aromatic N) is 2. The van der Waals surface area contributed by atoms with Crippen molar-refractivity contribution in [1.82, 2.24) is 9.55 Å². The molecule has 2 aromatic carbocycles. The van der Waals surface area contributed by atoms with E-state index in [1.165, 1.54) is 50.7 Å². The van der Waals surface area contributed by atoms with E-state index >= 15 is 0 Å². The van der Waals surface area contributed by atoms with Gasteiger partial charge in [0, 0.05) is 23.8 Å². The van der Waals surface area contributed by atoms with Gasteiger partial charge in [0.25, 0.3) is 5.91 Å². The number of imidazole rings is 1. The third-order valence-corrected chi connectivity index (χ3v) is 6.13. The Labute approximate surface area is 189 Å². The molecule has 4 rings (SSSR count). The minimum Gasteiger partial charge on any atom is -0.504 e. The molecular formula is C22H18F3N3O4S. The summed E-state index contributed by atoms with van der Waals surface area (Å²) in [7, 11) is 1.41. The number of thiophene rings is 1. The Kier molecular flexibility index (Phi) is 5.66. The summed E-state index contributed by atoms with van der Waals surface area (Å²) in [6, 6.07) is 9.60. The van der Waals surface area contributed by atoms with Gasteiger partial charge in [-0.25, -0.2) is 4.98 Å². The molecule has 0 radical (unpaired) electrons. The third kappa shape index (κ3) is 4.19. The van der Waals surface area contributed by atoms with Gasteiger partial charge in [-0.05, 0) is 13.0 Å². The van der Waals surface area contributed by atoms with Crippen molar-refractivity contribution in [2.24, 2.45) is 5.73 Å². The van der Waals surface area contributed by atoms with Crippen LogP contribution >= 0.6 is 11.3 Å². The predicted octanol–water partition coefficient (Wildman–Crippen LogP) is 5.06. The van der Waals surface area contributed by atoms with E-state index in [1.807, 2.05) is 0 Å². The molecule has 0 saturated carbocycles. The maximum atomic E-state index is 13.4. The van der Waals surface area contributed by atoms with Crippen molar-refractivity contribution in [3.05, 3.63) is 64.8 Å². The number of ether oxygens (including phenoxy) is 2. The monoisotopic (exact) mass is 477 g/mol. The number of hydrogen-bond donors (Lipinski definition) is 2. The molecule has 1 atom stereocenters. The molecule has 2 aromatic heterocycles. The fraction of sp³-hybridized carbons (Fsp3) is 0.182. The van der Waals surface area contributed by atoms with Gasteiger partial charge in [-0.3, -0.25) is 9.36 Å². The number of amides is 1. The summed E-state index contributed by atoms with van der Waals surface area (Å²) < 4.78 is 52.8. The van der Waals surface area contributed by atoms with E-state index < -0.39 is 23.8 Å². The molecule has 2 heterocycles. The van der Waals surface area contributed by atoms with Crippen molar-refractivity contribution < 1.29 is 32.5 Å². The summed E-state index contributed by atoms with van der Waals surface area (Å²) in [4.78, 5) is 16.3. The lowest BCUT2D eigenvalue weighted by molar-refractivity contribution is -0.138.